The number of rotatable bonds is 5. The highest BCUT2D eigenvalue weighted by atomic mass is 32.2. The highest BCUT2D eigenvalue weighted by Gasteiger charge is 2.25. The number of nitrogens with one attached hydrogen (secondary N) is 1. The van der Waals surface area contributed by atoms with Crippen molar-refractivity contribution in [1.82, 2.24) is 10.4 Å². The van der Waals surface area contributed by atoms with Gasteiger partial charge < -0.3 is 4.74 Å². The van der Waals surface area contributed by atoms with E-state index in [1.165, 1.54) is 5.06 Å². The molecule has 7 nitrogen and oxygen atoms in total. The molecule has 1 N–H and O–H groups in total. The Bertz CT molecular complexity index is 971. The minimum absolute atomic E-state index is 0.172. The van der Waals surface area contributed by atoms with E-state index in [2.05, 4.69) is 5.32 Å². The summed E-state index contributed by atoms with van der Waals surface area (Å²) in [5.74, 6) is 0.0732. The first kappa shape index (κ1) is 18.3. The van der Waals surface area contributed by atoms with Crippen molar-refractivity contribution in [3.05, 3.63) is 70.1 Å². The van der Waals surface area contributed by atoms with E-state index in [1.807, 2.05) is 18.2 Å². The Morgan fingerprint density at radius 2 is 1.89 bits per heavy atom. The fourth-order valence-electron chi connectivity index (χ4n) is 2.84. The zero-order chi connectivity index (χ0) is 19.5. The monoisotopic (exact) mass is 396 g/mol. The SMILES string of the molecule is O=C1NC(=O)/C(=C/c2ccc(OCCN3OCc4ccccc4C3=O)cc2)S1. The summed E-state index contributed by atoms with van der Waals surface area (Å²) in [6, 6.07) is 14.5. The number of fused-ring (bicyclic) bond motifs is 1. The number of amides is 3. The summed E-state index contributed by atoms with van der Waals surface area (Å²) in [7, 11) is 0. The Morgan fingerprint density at radius 1 is 1.11 bits per heavy atom. The van der Waals surface area contributed by atoms with Gasteiger partial charge in [0.15, 0.2) is 0 Å². The van der Waals surface area contributed by atoms with Crippen LogP contribution in [0.4, 0.5) is 4.79 Å². The Morgan fingerprint density at radius 3 is 2.64 bits per heavy atom. The van der Waals surface area contributed by atoms with E-state index in [0.29, 0.717) is 29.4 Å². The van der Waals surface area contributed by atoms with Crippen LogP contribution >= 0.6 is 11.8 Å². The molecule has 8 heteroatoms. The molecule has 0 radical (unpaired) electrons. The summed E-state index contributed by atoms with van der Waals surface area (Å²) < 4.78 is 5.68. The summed E-state index contributed by atoms with van der Waals surface area (Å²) in [5, 5.41) is 3.16. The first-order chi connectivity index (χ1) is 13.6. The zero-order valence-corrected chi connectivity index (χ0v) is 15.5. The third kappa shape index (κ3) is 3.92. The molecule has 0 spiro atoms. The first-order valence-electron chi connectivity index (χ1n) is 8.60. The van der Waals surface area contributed by atoms with Gasteiger partial charge in [-0.3, -0.25) is 24.5 Å². The average molecular weight is 396 g/mol. The van der Waals surface area contributed by atoms with Gasteiger partial charge in [0, 0.05) is 5.56 Å². The number of hydrogen-bond acceptors (Lipinski definition) is 6. The summed E-state index contributed by atoms with van der Waals surface area (Å²) >= 11 is 0.877. The van der Waals surface area contributed by atoms with Crippen molar-refractivity contribution >= 4 is 34.9 Å². The average Bonchev–Trinajstić information content (AvgIpc) is 3.02. The Labute approximate surface area is 165 Å². The molecule has 2 aliphatic heterocycles. The van der Waals surface area contributed by atoms with Crippen molar-refractivity contribution < 1.29 is 24.0 Å². The van der Waals surface area contributed by atoms with Crippen LogP contribution in [0.2, 0.25) is 0 Å². The highest BCUT2D eigenvalue weighted by Crippen LogP contribution is 2.26. The van der Waals surface area contributed by atoms with E-state index in [-0.39, 0.29) is 23.7 Å². The topological polar surface area (TPSA) is 84.9 Å². The summed E-state index contributed by atoms with van der Waals surface area (Å²) in [6.07, 6.45) is 1.65. The zero-order valence-electron chi connectivity index (χ0n) is 14.7. The van der Waals surface area contributed by atoms with Crippen LogP contribution in [0.5, 0.6) is 5.75 Å². The van der Waals surface area contributed by atoms with Gasteiger partial charge in [-0.2, -0.15) is 0 Å². The number of benzene rings is 2. The van der Waals surface area contributed by atoms with Crippen LogP contribution < -0.4 is 10.1 Å². The first-order valence-corrected chi connectivity index (χ1v) is 9.42. The van der Waals surface area contributed by atoms with Crippen LogP contribution in [0, 0.1) is 0 Å². The number of nitrogens with zero attached hydrogens (tertiary/aromatic N) is 1. The number of thioether (sulfide) groups is 1. The largest absolute Gasteiger partial charge is 0.492 e. The third-order valence-electron chi connectivity index (χ3n) is 4.23. The lowest BCUT2D eigenvalue weighted by Gasteiger charge is -2.27. The fourth-order valence-corrected chi connectivity index (χ4v) is 3.52. The van der Waals surface area contributed by atoms with E-state index < -0.39 is 0 Å². The van der Waals surface area contributed by atoms with Crippen LogP contribution in [0.25, 0.3) is 6.08 Å². The normalized spacial score (nSPS) is 17.6. The van der Waals surface area contributed by atoms with Gasteiger partial charge in [0.2, 0.25) is 0 Å². The second-order valence-electron chi connectivity index (χ2n) is 6.11. The molecule has 2 aliphatic rings. The van der Waals surface area contributed by atoms with Gasteiger partial charge in [-0.1, -0.05) is 30.3 Å². The lowest BCUT2D eigenvalue weighted by molar-refractivity contribution is -0.143. The lowest BCUT2D eigenvalue weighted by Crippen LogP contribution is -2.38. The van der Waals surface area contributed by atoms with Crippen molar-refractivity contribution in [1.29, 1.82) is 0 Å². The molecule has 2 aromatic rings. The summed E-state index contributed by atoms with van der Waals surface area (Å²) in [4.78, 5) is 41.0. The molecular formula is C20H16N2O5S. The molecule has 0 unspecified atom stereocenters. The number of carbonyl (C=O) groups excluding carboxylic acids is 3. The van der Waals surface area contributed by atoms with Gasteiger partial charge in [-0.15, -0.1) is 0 Å². The number of hydroxylamine groups is 2. The smallest absolute Gasteiger partial charge is 0.290 e. The fraction of sp³-hybridized carbons (Fsp3) is 0.150. The number of carbonyl (C=O) groups is 3. The van der Waals surface area contributed by atoms with Crippen molar-refractivity contribution in [2.45, 2.75) is 6.61 Å². The van der Waals surface area contributed by atoms with Crippen molar-refractivity contribution in [3.63, 3.8) is 0 Å². The Balaban J connectivity index is 1.31. The standard InChI is InChI=1S/C20H16N2O5S/c23-18-17(28-20(25)21-18)11-13-5-7-15(8-6-13)26-10-9-22-19(24)16-4-2-1-3-14(16)12-27-22/h1-8,11H,9-10,12H2,(H,21,23,25)/b17-11-. The minimum atomic E-state index is -0.386. The number of imide groups is 1. The van der Waals surface area contributed by atoms with Crippen molar-refractivity contribution in [2.75, 3.05) is 13.2 Å². The van der Waals surface area contributed by atoms with Crippen LogP contribution in [-0.4, -0.2) is 35.3 Å². The maximum absolute atomic E-state index is 12.4. The van der Waals surface area contributed by atoms with E-state index in [0.717, 1.165) is 22.9 Å². The van der Waals surface area contributed by atoms with Crippen LogP contribution in [-0.2, 0) is 16.2 Å². The summed E-state index contributed by atoms with van der Waals surface area (Å²) in [5.41, 5.74) is 2.31. The highest BCUT2D eigenvalue weighted by molar-refractivity contribution is 8.18. The van der Waals surface area contributed by atoms with Gasteiger partial charge in [-0.25, -0.2) is 5.06 Å². The molecule has 0 bridgehead atoms. The molecule has 28 heavy (non-hydrogen) atoms. The molecule has 2 aromatic carbocycles. The molecule has 0 atom stereocenters. The van der Waals surface area contributed by atoms with Gasteiger partial charge >= 0.3 is 0 Å². The lowest BCUT2D eigenvalue weighted by atomic mass is 10.1. The molecule has 2 heterocycles. The minimum Gasteiger partial charge on any atom is -0.492 e. The number of ether oxygens (including phenoxy) is 1. The van der Waals surface area contributed by atoms with Gasteiger partial charge in [0.25, 0.3) is 17.1 Å². The van der Waals surface area contributed by atoms with Gasteiger partial charge in [-0.05, 0) is 47.2 Å². The maximum Gasteiger partial charge on any atom is 0.290 e. The molecule has 0 aliphatic carbocycles. The maximum atomic E-state index is 12.4. The van der Waals surface area contributed by atoms with Crippen LogP contribution in [0.15, 0.2) is 53.4 Å². The molecule has 3 amide bonds. The van der Waals surface area contributed by atoms with Gasteiger partial charge in [0.05, 0.1) is 11.4 Å². The Kier molecular flexibility index (Phi) is 5.14. The summed E-state index contributed by atoms with van der Waals surface area (Å²) in [6.45, 7) is 0.943. The second kappa shape index (κ2) is 7.87. The molecule has 1 fully saturated rings. The molecule has 4 rings (SSSR count). The molecular weight excluding hydrogens is 380 g/mol. The van der Waals surface area contributed by atoms with Gasteiger partial charge in [0.1, 0.15) is 19.0 Å². The second-order valence-corrected chi connectivity index (χ2v) is 7.12. The predicted octanol–water partition coefficient (Wildman–Crippen LogP) is 2.98. The molecule has 0 saturated carbocycles. The quantitative estimate of drug-likeness (QED) is 0.782. The predicted molar refractivity (Wildman–Crippen MR) is 103 cm³/mol. The van der Waals surface area contributed by atoms with E-state index in [1.54, 1.807) is 36.4 Å². The van der Waals surface area contributed by atoms with E-state index in [9.17, 15) is 14.4 Å². The molecule has 1 saturated heterocycles. The van der Waals surface area contributed by atoms with Crippen LogP contribution in [0.1, 0.15) is 21.5 Å². The molecule has 142 valence electrons. The van der Waals surface area contributed by atoms with E-state index in [4.69, 9.17) is 9.57 Å². The van der Waals surface area contributed by atoms with Crippen molar-refractivity contribution in [3.8, 4) is 5.75 Å². The van der Waals surface area contributed by atoms with Crippen LogP contribution in [0.3, 0.4) is 0 Å². The third-order valence-corrected chi connectivity index (χ3v) is 5.04. The molecule has 0 aromatic heterocycles. The van der Waals surface area contributed by atoms with Crippen molar-refractivity contribution in [2.24, 2.45) is 0 Å². The Hall–Kier alpha value is -3.10. The van der Waals surface area contributed by atoms with E-state index >= 15 is 0 Å². The number of hydrogen-bond donors (Lipinski definition) is 1.